The molecule has 1 amide bonds. The summed E-state index contributed by atoms with van der Waals surface area (Å²) in [5.41, 5.74) is 1.58. The van der Waals surface area contributed by atoms with Crippen molar-refractivity contribution in [2.75, 3.05) is 0 Å². The van der Waals surface area contributed by atoms with Crippen molar-refractivity contribution in [3.63, 3.8) is 0 Å². The first-order valence-corrected chi connectivity index (χ1v) is 6.96. The van der Waals surface area contributed by atoms with Gasteiger partial charge in [0.15, 0.2) is 5.76 Å². The standard InChI is InChI=1S/C16H19NO4/c1-4-9(2)13(16(19)20)17-15(18)12-8-11-7-5-6-10(3)14(11)21-12/h5-9,13H,4H2,1-3H3,(H,17,18)(H,19,20)/t9-,13-/m0/s1. The van der Waals surface area contributed by atoms with Crippen LogP contribution in [0.1, 0.15) is 36.4 Å². The number of carboxylic acids is 1. The second-order valence-electron chi connectivity index (χ2n) is 5.28. The van der Waals surface area contributed by atoms with E-state index in [4.69, 9.17) is 4.42 Å². The highest BCUT2D eigenvalue weighted by Crippen LogP contribution is 2.22. The molecule has 0 aliphatic heterocycles. The van der Waals surface area contributed by atoms with Crippen LogP contribution in [0.2, 0.25) is 0 Å². The van der Waals surface area contributed by atoms with E-state index in [2.05, 4.69) is 5.32 Å². The molecule has 0 saturated heterocycles. The van der Waals surface area contributed by atoms with Gasteiger partial charge >= 0.3 is 5.97 Å². The third-order valence-corrected chi connectivity index (χ3v) is 3.73. The number of fused-ring (bicyclic) bond motifs is 1. The molecule has 5 heteroatoms. The van der Waals surface area contributed by atoms with Gasteiger partial charge in [-0.25, -0.2) is 4.79 Å². The number of carboxylic acid groups (broad SMARTS) is 1. The highest BCUT2D eigenvalue weighted by molar-refractivity contribution is 5.98. The van der Waals surface area contributed by atoms with Crippen LogP contribution in [0.5, 0.6) is 0 Å². The number of carbonyl (C=O) groups excluding carboxylic acids is 1. The van der Waals surface area contributed by atoms with Crippen LogP contribution < -0.4 is 5.32 Å². The van der Waals surface area contributed by atoms with Crippen molar-refractivity contribution < 1.29 is 19.1 Å². The largest absolute Gasteiger partial charge is 0.480 e. The Morgan fingerprint density at radius 3 is 2.67 bits per heavy atom. The first-order chi connectivity index (χ1) is 9.93. The van der Waals surface area contributed by atoms with Gasteiger partial charge in [-0.05, 0) is 24.5 Å². The fourth-order valence-electron chi connectivity index (χ4n) is 2.22. The minimum Gasteiger partial charge on any atom is -0.480 e. The molecule has 112 valence electrons. The number of para-hydroxylation sites is 1. The van der Waals surface area contributed by atoms with Crippen LogP contribution in [-0.4, -0.2) is 23.0 Å². The van der Waals surface area contributed by atoms with Gasteiger partial charge in [-0.1, -0.05) is 38.5 Å². The van der Waals surface area contributed by atoms with Gasteiger partial charge < -0.3 is 14.8 Å². The maximum absolute atomic E-state index is 12.2. The van der Waals surface area contributed by atoms with Crippen LogP contribution in [0.25, 0.3) is 11.0 Å². The van der Waals surface area contributed by atoms with Crippen molar-refractivity contribution in [1.82, 2.24) is 5.32 Å². The van der Waals surface area contributed by atoms with Crippen molar-refractivity contribution in [2.45, 2.75) is 33.2 Å². The third-order valence-electron chi connectivity index (χ3n) is 3.73. The van der Waals surface area contributed by atoms with E-state index in [1.165, 1.54) is 0 Å². The number of amides is 1. The van der Waals surface area contributed by atoms with E-state index < -0.39 is 17.9 Å². The van der Waals surface area contributed by atoms with Gasteiger partial charge in [0, 0.05) is 5.39 Å². The Hall–Kier alpha value is -2.30. The van der Waals surface area contributed by atoms with Gasteiger partial charge in [0.25, 0.3) is 5.91 Å². The third kappa shape index (κ3) is 3.07. The molecule has 2 aromatic rings. The predicted molar refractivity (Wildman–Crippen MR) is 79.3 cm³/mol. The van der Waals surface area contributed by atoms with Crippen LogP contribution in [0.4, 0.5) is 0 Å². The summed E-state index contributed by atoms with van der Waals surface area (Å²) in [5, 5.41) is 12.6. The summed E-state index contributed by atoms with van der Waals surface area (Å²) in [6, 6.07) is 6.34. The SMILES string of the molecule is CC[C@H](C)[C@H](NC(=O)c1cc2cccc(C)c2o1)C(=O)O. The van der Waals surface area contributed by atoms with E-state index in [1.54, 1.807) is 13.0 Å². The fraction of sp³-hybridized carbons (Fsp3) is 0.375. The van der Waals surface area contributed by atoms with E-state index in [0.717, 1.165) is 10.9 Å². The monoisotopic (exact) mass is 289 g/mol. The summed E-state index contributed by atoms with van der Waals surface area (Å²) in [7, 11) is 0. The molecule has 2 N–H and O–H groups in total. The number of furan rings is 1. The smallest absolute Gasteiger partial charge is 0.326 e. The zero-order chi connectivity index (χ0) is 15.6. The Balaban J connectivity index is 2.25. The Morgan fingerprint density at radius 2 is 2.10 bits per heavy atom. The molecule has 21 heavy (non-hydrogen) atoms. The van der Waals surface area contributed by atoms with E-state index >= 15 is 0 Å². The number of hydrogen-bond acceptors (Lipinski definition) is 3. The number of hydrogen-bond donors (Lipinski definition) is 2. The topological polar surface area (TPSA) is 79.5 Å². The average Bonchev–Trinajstić information content (AvgIpc) is 2.89. The number of benzene rings is 1. The zero-order valence-corrected chi connectivity index (χ0v) is 12.3. The van der Waals surface area contributed by atoms with Crippen molar-refractivity contribution in [3.05, 3.63) is 35.6 Å². The maximum Gasteiger partial charge on any atom is 0.326 e. The summed E-state index contributed by atoms with van der Waals surface area (Å²) in [5.74, 6) is -1.56. The summed E-state index contributed by atoms with van der Waals surface area (Å²) < 4.78 is 5.55. The zero-order valence-electron chi connectivity index (χ0n) is 12.3. The van der Waals surface area contributed by atoms with Crippen LogP contribution in [0, 0.1) is 12.8 Å². The molecule has 0 saturated carbocycles. The van der Waals surface area contributed by atoms with Crippen LogP contribution in [-0.2, 0) is 4.79 Å². The molecule has 0 aliphatic rings. The van der Waals surface area contributed by atoms with Gasteiger partial charge in [-0.15, -0.1) is 0 Å². The Labute approximate surface area is 122 Å². The molecule has 2 rings (SSSR count). The quantitative estimate of drug-likeness (QED) is 0.886. The lowest BCUT2D eigenvalue weighted by Crippen LogP contribution is -2.44. The highest BCUT2D eigenvalue weighted by Gasteiger charge is 2.27. The summed E-state index contributed by atoms with van der Waals surface area (Å²) in [6.07, 6.45) is 0.663. The van der Waals surface area contributed by atoms with Gasteiger partial charge in [0.2, 0.25) is 0 Å². The maximum atomic E-state index is 12.2. The minimum absolute atomic E-state index is 0.133. The molecule has 0 aliphatic carbocycles. The van der Waals surface area contributed by atoms with Gasteiger partial charge in [0.05, 0.1) is 0 Å². The van der Waals surface area contributed by atoms with Crippen molar-refractivity contribution in [2.24, 2.45) is 5.92 Å². The molecule has 5 nitrogen and oxygen atoms in total. The minimum atomic E-state index is -1.04. The average molecular weight is 289 g/mol. The van der Waals surface area contributed by atoms with E-state index in [0.29, 0.717) is 12.0 Å². The van der Waals surface area contributed by atoms with E-state index in [-0.39, 0.29) is 11.7 Å². The van der Waals surface area contributed by atoms with Crippen LogP contribution in [0.15, 0.2) is 28.7 Å². The second-order valence-corrected chi connectivity index (χ2v) is 5.28. The predicted octanol–water partition coefficient (Wildman–Crippen LogP) is 2.97. The van der Waals surface area contributed by atoms with E-state index in [9.17, 15) is 14.7 Å². The summed E-state index contributed by atoms with van der Waals surface area (Å²) in [6.45, 7) is 5.58. The molecule has 1 heterocycles. The fourth-order valence-corrected chi connectivity index (χ4v) is 2.22. The Kier molecular flexibility index (Phi) is 4.31. The first-order valence-electron chi connectivity index (χ1n) is 6.96. The lowest BCUT2D eigenvalue weighted by atomic mass is 9.99. The van der Waals surface area contributed by atoms with E-state index in [1.807, 2.05) is 32.0 Å². The van der Waals surface area contributed by atoms with Gasteiger partial charge in [-0.2, -0.15) is 0 Å². The molecule has 0 radical (unpaired) electrons. The molecule has 1 aromatic carbocycles. The molecule has 0 fully saturated rings. The summed E-state index contributed by atoms with van der Waals surface area (Å²) >= 11 is 0. The number of nitrogens with one attached hydrogen (secondary N) is 1. The molecule has 0 spiro atoms. The Morgan fingerprint density at radius 1 is 1.38 bits per heavy atom. The molecular weight excluding hydrogens is 270 g/mol. The van der Waals surface area contributed by atoms with Crippen molar-refractivity contribution in [3.8, 4) is 0 Å². The number of carbonyl (C=O) groups is 2. The lowest BCUT2D eigenvalue weighted by Gasteiger charge is -2.19. The van der Waals surface area contributed by atoms with Crippen LogP contribution >= 0.6 is 0 Å². The van der Waals surface area contributed by atoms with Crippen molar-refractivity contribution in [1.29, 1.82) is 0 Å². The van der Waals surface area contributed by atoms with Gasteiger partial charge in [-0.3, -0.25) is 4.79 Å². The molecule has 1 aromatic heterocycles. The van der Waals surface area contributed by atoms with Crippen molar-refractivity contribution >= 4 is 22.8 Å². The molecule has 0 bridgehead atoms. The Bertz CT molecular complexity index is 674. The summed E-state index contributed by atoms with van der Waals surface area (Å²) in [4.78, 5) is 23.4. The van der Waals surface area contributed by atoms with Crippen LogP contribution in [0.3, 0.4) is 0 Å². The number of aryl methyl sites for hydroxylation is 1. The molecule has 2 atom stereocenters. The lowest BCUT2D eigenvalue weighted by molar-refractivity contribution is -0.140. The molecular formula is C16H19NO4. The number of aliphatic carboxylic acids is 1. The first kappa shape index (κ1) is 15.1. The normalized spacial score (nSPS) is 13.9. The number of rotatable bonds is 5. The van der Waals surface area contributed by atoms with Gasteiger partial charge in [0.1, 0.15) is 11.6 Å². The second kappa shape index (κ2) is 5.99. The molecule has 0 unspecified atom stereocenters. The highest BCUT2D eigenvalue weighted by atomic mass is 16.4.